The van der Waals surface area contributed by atoms with Crippen LogP contribution >= 0.6 is 0 Å². The van der Waals surface area contributed by atoms with Gasteiger partial charge in [0.05, 0.1) is 36.8 Å². The van der Waals surface area contributed by atoms with Crippen LogP contribution in [0.3, 0.4) is 0 Å². The maximum absolute atomic E-state index is 13.3. The summed E-state index contributed by atoms with van der Waals surface area (Å²) in [6.07, 6.45) is 0.185. The number of sulfonamides is 2. The molecule has 0 radical (unpaired) electrons. The van der Waals surface area contributed by atoms with E-state index in [1.165, 1.54) is 42.3 Å². The summed E-state index contributed by atoms with van der Waals surface area (Å²) in [7, 11) is -6.15. The molecule has 2 N–H and O–H groups in total. The van der Waals surface area contributed by atoms with E-state index in [2.05, 4.69) is 4.72 Å². The molecule has 2 aromatic carbocycles. The van der Waals surface area contributed by atoms with Gasteiger partial charge in [-0.15, -0.1) is 0 Å². The second-order valence-corrected chi connectivity index (χ2v) is 13.1. The molecule has 0 bridgehead atoms. The second kappa shape index (κ2) is 11.3. The Morgan fingerprint density at radius 3 is 2.43 bits per heavy atom. The highest BCUT2D eigenvalue weighted by atomic mass is 32.2. The monoisotopic (exact) mass is 557 g/mol. The van der Waals surface area contributed by atoms with Gasteiger partial charge in [-0.3, -0.25) is 9.52 Å². The fourth-order valence-electron chi connectivity index (χ4n) is 4.06. The number of aliphatic hydroxyl groups is 1. The Bertz CT molecular complexity index is 1330. The van der Waals surface area contributed by atoms with Crippen LogP contribution in [0.4, 0.5) is 10.1 Å². The summed E-state index contributed by atoms with van der Waals surface area (Å²) >= 11 is 0. The highest BCUT2D eigenvalue weighted by Crippen LogP contribution is 2.30. The van der Waals surface area contributed by atoms with Crippen molar-refractivity contribution in [2.24, 2.45) is 5.92 Å². The first-order chi connectivity index (χ1) is 17.2. The average molecular weight is 558 g/mol. The Labute approximate surface area is 217 Å². The van der Waals surface area contributed by atoms with Crippen molar-refractivity contribution in [2.75, 3.05) is 37.7 Å². The molecule has 0 spiro atoms. The first kappa shape index (κ1) is 28.8. The third kappa shape index (κ3) is 7.18. The lowest BCUT2D eigenvalue weighted by Crippen LogP contribution is -2.48. The van der Waals surface area contributed by atoms with Crippen LogP contribution in [0.1, 0.15) is 19.4 Å². The molecular weight excluding hydrogens is 525 g/mol. The van der Waals surface area contributed by atoms with Crippen molar-refractivity contribution in [1.82, 2.24) is 9.21 Å². The molecule has 1 amide bonds. The minimum Gasteiger partial charge on any atom is -0.488 e. The van der Waals surface area contributed by atoms with Crippen LogP contribution in [0, 0.1) is 11.7 Å². The number of anilines is 1. The minimum atomic E-state index is -3.97. The lowest BCUT2D eigenvalue weighted by Gasteiger charge is -2.33. The number of hydrogen-bond acceptors (Lipinski definition) is 7. The number of likely N-dealkylation sites (N-methyl/N-ethyl adjacent to an activating group) is 1. The smallest absolute Gasteiger partial charge is 0.242 e. The summed E-state index contributed by atoms with van der Waals surface area (Å²) in [5, 5.41) is 9.74. The van der Waals surface area contributed by atoms with E-state index in [0.29, 0.717) is 11.3 Å². The Morgan fingerprint density at radius 1 is 1.19 bits per heavy atom. The number of ether oxygens (including phenoxy) is 1. The van der Waals surface area contributed by atoms with Crippen LogP contribution in [0.25, 0.3) is 0 Å². The number of amides is 1. The summed E-state index contributed by atoms with van der Waals surface area (Å²) in [4.78, 5) is 14.7. The van der Waals surface area contributed by atoms with Crippen LogP contribution in [-0.2, 0) is 31.3 Å². The molecule has 3 rings (SSSR count). The zero-order chi connectivity index (χ0) is 27.5. The number of nitrogens with one attached hydrogen (secondary N) is 1. The maximum atomic E-state index is 13.3. The molecule has 1 aliphatic rings. The quantitative estimate of drug-likeness (QED) is 0.504. The van der Waals surface area contributed by atoms with Crippen molar-refractivity contribution >= 4 is 31.6 Å². The SMILES string of the molecule is C[C@@H]1CN([C@@H](C)CO)C(=O)Cc2cc(NS(C)(=O)=O)ccc2O[C@@H]1CN(C)S(=O)(=O)c1ccc(F)cc1. The lowest BCUT2D eigenvalue weighted by atomic mass is 10.0. The van der Waals surface area contributed by atoms with Crippen LogP contribution in [0.2, 0.25) is 0 Å². The van der Waals surface area contributed by atoms with E-state index in [0.717, 1.165) is 22.7 Å². The Hall–Kier alpha value is -2.74. The summed E-state index contributed by atoms with van der Waals surface area (Å²) in [6, 6.07) is 8.53. The fourth-order valence-corrected chi connectivity index (χ4v) is 5.80. The molecule has 0 aromatic heterocycles. The minimum absolute atomic E-state index is 0.0743. The normalized spacial score (nSPS) is 19.9. The molecule has 3 atom stereocenters. The van der Waals surface area contributed by atoms with E-state index in [-0.39, 0.29) is 48.5 Å². The van der Waals surface area contributed by atoms with Gasteiger partial charge < -0.3 is 14.7 Å². The van der Waals surface area contributed by atoms with Crippen molar-refractivity contribution in [1.29, 1.82) is 0 Å². The molecule has 0 aliphatic carbocycles. The van der Waals surface area contributed by atoms with Gasteiger partial charge >= 0.3 is 0 Å². The van der Waals surface area contributed by atoms with Gasteiger partial charge in [0.15, 0.2) is 0 Å². The zero-order valence-corrected chi connectivity index (χ0v) is 22.7. The molecule has 1 aliphatic heterocycles. The van der Waals surface area contributed by atoms with E-state index in [1.54, 1.807) is 6.92 Å². The summed E-state index contributed by atoms with van der Waals surface area (Å²) in [5.41, 5.74) is 0.663. The highest BCUT2D eigenvalue weighted by Gasteiger charge is 2.33. The predicted octanol–water partition coefficient (Wildman–Crippen LogP) is 1.67. The molecule has 0 fully saturated rings. The number of benzene rings is 2. The van der Waals surface area contributed by atoms with Gasteiger partial charge in [0.1, 0.15) is 17.7 Å². The van der Waals surface area contributed by atoms with Gasteiger partial charge in [-0.2, -0.15) is 4.31 Å². The van der Waals surface area contributed by atoms with Crippen LogP contribution < -0.4 is 9.46 Å². The molecule has 0 saturated carbocycles. The third-order valence-electron chi connectivity index (χ3n) is 6.18. The number of hydrogen-bond donors (Lipinski definition) is 2. The molecule has 1 heterocycles. The summed E-state index contributed by atoms with van der Waals surface area (Å²) < 4.78 is 72.7. The van der Waals surface area contributed by atoms with E-state index in [9.17, 15) is 31.1 Å². The second-order valence-electron chi connectivity index (χ2n) is 9.32. The number of halogens is 1. The van der Waals surface area contributed by atoms with Crippen molar-refractivity contribution in [3.05, 3.63) is 53.8 Å². The molecular formula is C24H32FN3O7S2. The van der Waals surface area contributed by atoms with Crippen molar-refractivity contribution < 1.29 is 35.9 Å². The van der Waals surface area contributed by atoms with Crippen molar-refractivity contribution in [2.45, 2.75) is 37.3 Å². The van der Waals surface area contributed by atoms with Gasteiger partial charge in [-0.25, -0.2) is 21.2 Å². The maximum Gasteiger partial charge on any atom is 0.242 e. The number of carbonyl (C=O) groups is 1. The van der Waals surface area contributed by atoms with E-state index in [1.807, 2.05) is 6.92 Å². The predicted molar refractivity (Wildman–Crippen MR) is 137 cm³/mol. The molecule has 10 nitrogen and oxygen atoms in total. The lowest BCUT2D eigenvalue weighted by molar-refractivity contribution is -0.134. The molecule has 204 valence electrons. The molecule has 2 aromatic rings. The number of carbonyl (C=O) groups excluding carboxylic acids is 1. The van der Waals surface area contributed by atoms with Crippen LogP contribution in [0.5, 0.6) is 5.75 Å². The van der Waals surface area contributed by atoms with Crippen molar-refractivity contribution in [3.8, 4) is 5.75 Å². The highest BCUT2D eigenvalue weighted by molar-refractivity contribution is 7.92. The summed E-state index contributed by atoms with van der Waals surface area (Å²) in [5.74, 6) is -0.888. The largest absolute Gasteiger partial charge is 0.488 e. The van der Waals surface area contributed by atoms with E-state index < -0.39 is 38.0 Å². The topological polar surface area (TPSA) is 133 Å². The van der Waals surface area contributed by atoms with E-state index >= 15 is 0 Å². The first-order valence-corrected chi connectivity index (χ1v) is 14.9. The van der Waals surface area contributed by atoms with Crippen LogP contribution in [-0.4, -0.2) is 82.2 Å². The van der Waals surface area contributed by atoms with E-state index in [4.69, 9.17) is 4.74 Å². The van der Waals surface area contributed by atoms with Gasteiger partial charge in [0.2, 0.25) is 26.0 Å². The zero-order valence-electron chi connectivity index (χ0n) is 21.1. The number of rotatable bonds is 8. The van der Waals surface area contributed by atoms with Crippen LogP contribution in [0.15, 0.2) is 47.4 Å². The van der Waals surface area contributed by atoms with Gasteiger partial charge in [-0.1, -0.05) is 6.92 Å². The molecule has 37 heavy (non-hydrogen) atoms. The first-order valence-electron chi connectivity index (χ1n) is 11.6. The number of aliphatic hydroxyl groups excluding tert-OH is 1. The van der Waals surface area contributed by atoms with Crippen molar-refractivity contribution in [3.63, 3.8) is 0 Å². The standard InChI is InChI=1S/C24H32FN3O7S2/c1-16-13-28(17(2)15-29)24(30)12-18-11-20(26-36(4,31)32)7-10-22(18)35-23(16)14-27(3)37(33,34)21-8-5-19(25)6-9-21/h5-11,16-17,23,26,29H,12-15H2,1-4H3/t16-,17+,23-/m1/s1. The molecule has 0 saturated heterocycles. The molecule has 13 heteroatoms. The Morgan fingerprint density at radius 2 is 1.84 bits per heavy atom. The van der Waals surface area contributed by atoms with Gasteiger partial charge in [0, 0.05) is 30.8 Å². The third-order valence-corrected chi connectivity index (χ3v) is 8.62. The Balaban J connectivity index is 1.99. The van der Waals surface area contributed by atoms with Gasteiger partial charge in [0.25, 0.3) is 0 Å². The fraction of sp³-hybridized carbons (Fsp3) is 0.458. The number of nitrogens with zero attached hydrogens (tertiary/aromatic N) is 2. The Kier molecular flexibility index (Phi) is 8.83. The average Bonchev–Trinajstić information content (AvgIpc) is 2.85. The number of fused-ring (bicyclic) bond motifs is 1. The van der Waals surface area contributed by atoms with Gasteiger partial charge in [-0.05, 0) is 49.4 Å². The molecule has 0 unspecified atom stereocenters. The summed E-state index contributed by atoms with van der Waals surface area (Å²) in [6.45, 7) is 3.35.